The van der Waals surface area contributed by atoms with E-state index < -0.39 is 5.69 Å². The molecule has 132 valence electrons. The Kier molecular flexibility index (Phi) is 4.21. The lowest BCUT2D eigenvalue weighted by Crippen LogP contribution is -2.47. The summed E-state index contributed by atoms with van der Waals surface area (Å²) < 4.78 is 1.59. The molecule has 1 aliphatic carbocycles. The Morgan fingerprint density at radius 3 is 2.68 bits per heavy atom. The van der Waals surface area contributed by atoms with Crippen LogP contribution in [0.4, 0.5) is 5.82 Å². The number of hydrogen-bond acceptors (Lipinski definition) is 4. The molecule has 0 bridgehead atoms. The molecule has 1 saturated carbocycles. The molecule has 1 aromatic carbocycles. The zero-order valence-corrected chi connectivity index (χ0v) is 14.5. The minimum Gasteiger partial charge on any atom is -0.358 e. The first-order valence-corrected chi connectivity index (χ1v) is 9.06. The molecular weight excluding hydrogens is 316 g/mol. The Labute approximate surface area is 146 Å². The van der Waals surface area contributed by atoms with Crippen LogP contribution in [0.25, 0.3) is 5.69 Å². The second-order valence-corrected chi connectivity index (χ2v) is 7.13. The maximum absolute atomic E-state index is 12.5. The highest BCUT2D eigenvalue weighted by atomic mass is 16.2. The van der Waals surface area contributed by atoms with Gasteiger partial charge in [-0.2, -0.15) is 0 Å². The van der Waals surface area contributed by atoms with E-state index in [4.69, 9.17) is 0 Å². The molecule has 1 aromatic heterocycles. The van der Waals surface area contributed by atoms with E-state index in [-0.39, 0.29) is 5.56 Å². The maximum Gasteiger partial charge on any atom is 0.334 e. The van der Waals surface area contributed by atoms with Crippen LogP contribution in [0.5, 0.6) is 0 Å². The molecule has 6 heteroatoms. The topological polar surface area (TPSA) is 70.1 Å². The Morgan fingerprint density at radius 2 is 1.92 bits per heavy atom. The van der Waals surface area contributed by atoms with Crippen molar-refractivity contribution in [3.05, 3.63) is 56.2 Å². The zero-order valence-electron chi connectivity index (χ0n) is 14.5. The smallest absolute Gasteiger partial charge is 0.334 e. The van der Waals surface area contributed by atoms with Gasteiger partial charge in [-0.3, -0.25) is 14.7 Å². The molecule has 0 amide bonds. The SMILES string of the molecule is Cc1cccc(-n2c3c(c(=O)[nH]c2=O)CN(C2CCCCC2)CN3)c1. The van der Waals surface area contributed by atoms with Crippen LogP contribution in [-0.4, -0.2) is 27.2 Å². The molecule has 6 nitrogen and oxygen atoms in total. The molecule has 2 heterocycles. The number of anilines is 1. The normalized spacial score (nSPS) is 18.6. The van der Waals surface area contributed by atoms with E-state index in [0.717, 1.165) is 11.3 Å². The fourth-order valence-corrected chi connectivity index (χ4v) is 4.06. The third-order valence-corrected chi connectivity index (χ3v) is 5.37. The monoisotopic (exact) mass is 340 g/mol. The van der Waals surface area contributed by atoms with Crippen molar-refractivity contribution < 1.29 is 0 Å². The van der Waals surface area contributed by atoms with Crippen LogP contribution in [0.2, 0.25) is 0 Å². The minimum atomic E-state index is -0.395. The van der Waals surface area contributed by atoms with E-state index in [2.05, 4.69) is 15.2 Å². The van der Waals surface area contributed by atoms with E-state index in [0.29, 0.717) is 30.6 Å². The lowest BCUT2D eigenvalue weighted by Gasteiger charge is -2.38. The largest absolute Gasteiger partial charge is 0.358 e. The van der Waals surface area contributed by atoms with E-state index >= 15 is 0 Å². The lowest BCUT2D eigenvalue weighted by atomic mass is 9.94. The number of hydrogen-bond donors (Lipinski definition) is 2. The van der Waals surface area contributed by atoms with Crippen molar-refractivity contribution in [2.24, 2.45) is 0 Å². The van der Waals surface area contributed by atoms with Crippen LogP contribution in [0.15, 0.2) is 33.9 Å². The highest BCUT2D eigenvalue weighted by Crippen LogP contribution is 2.28. The van der Waals surface area contributed by atoms with Crippen molar-refractivity contribution in [2.45, 2.75) is 51.6 Å². The molecule has 2 aromatic rings. The van der Waals surface area contributed by atoms with Crippen molar-refractivity contribution in [3.8, 4) is 5.69 Å². The van der Waals surface area contributed by atoms with Gasteiger partial charge in [0, 0.05) is 12.6 Å². The molecule has 0 radical (unpaired) electrons. The molecule has 0 saturated heterocycles. The molecule has 0 unspecified atom stereocenters. The number of H-pyrrole nitrogens is 1. The number of aromatic nitrogens is 2. The van der Waals surface area contributed by atoms with Gasteiger partial charge in [0.15, 0.2) is 0 Å². The Bertz CT molecular complexity index is 893. The van der Waals surface area contributed by atoms with Crippen molar-refractivity contribution in [2.75, 3.05) is 12.0 Å². The average molecular weight is 340 g/mol. The molecule has 1 aliphatic heterocycles. The summed E-state index contributed by atoms with van der Waals surface area (Å²) in [5, 5.41) is 3.35. The second-order valence-electron chi connectivity index (χ2n) is 7.13. The first kappa shape index (κ1) is 16.1. The number of fused-ring (bicyclic) bond motifs is 1. The predicted molar refractivity (Wildman–Crippen MR) is 98.3 cm³/mol. The predicted octanol–water partition coefficient (Wildman–Crippen LogP) is 2.35. The Morgan fingerprint density at radius 1 is 1.12 bits per heavy atom. The van der Waals surface area contributed by atoms with Crippen LogP contribution in [-0.2, 0) is 6.54 Å². The van der Waals surface area contributed by atoms with E-state index in [1.165, 1.54) is 32.1 Å². The number of aromatic amines is 1. The van der Waals surface area contributed by atoms with Crippen molar-refractivity contribution >= 4 is 5.82 Å². The van der Waals surface area contributed by atoms with E-state index in [9.17, 15) is 9.59 Å². The molecule has 2 N–H and O–H groups in total. The average Bonchev–Trinajstić information content (AvgIpc) is 2.62. The summed E-state index contributed by atoms with van der Waals surface area (Å²) in [7, 11) is 0. The van der Waals surface area contributed by atoms with E-state index in [1.54, 1.807) is 4.57 Å². The number of nitrogens with one attached hydrogen (secondary N) is 2. The van der Waals surface area contributed by atoms with Gasteiger partial charge in [-0.1, -0.05) is 31.4 Å². The summed E-state index contributed by atoms with van der Waals surface area (Å²) in [4.78, 5) is 29.7. The minimum absolute atomic E-state index is 0.281. The fourth-order valence-electron chi connectivity index (χ4n) is 4.06. The number of aryl methyl sites for hydroxylation is 1. The van der Waals surface area contributed by atoms with Crippen LogP contribution in [0, 0.1) is 6.92 Å². The van der Waals surface area contributed by atoms with Gasteiger partial charge in [-0.05, 0) is 37.5 Å². The van der Waals surface area contributed by atoms with Gasteiger partial charge in [-0.25, -0.2) is 9.36 Å². The van der Waals surface area contributed by atoms with Gasteiger partial charge < -0.3 is 5.32 Å². The van der Waals surface area contributed by atoms with Crippen LogP contribution in [0.1, 0.15) is 43.2 Å². The summed E-state index contributed by atoms with van der Waals surface area (Å²) in [5.41, 5.74) is 1.82. The van der Waals surface area contributed by atoms with Crippen LogP contribution < -0.4 is 16.6 Å². The second kappa shape index (κ2) is 6.52. The van der Waals surface area contributed by atoms with Gasteiger partial charge in [0.1, 0.15) is 5.82 Å². The molecule has 25 heavy (non-hydrogen) atoms. The van der Waals surface area contributed by atoms with Crippen LogP contribution in [0.3, 0.4) is 0 Å². The highest BCUT2D eigenvalue weighted by Gasteiger charge is 2.28. The summed E-state index contributed by atoms with van der Waals surface area (Å²) >= 11 is 0. The number of benzene rings is 1. The van der Waals surface area contributed by atoms with E-state index in [1.807, 2.05) is 31.2 Å². The number of nitrogens with zero attached hydrogens (tertiary/aromatic N) is 2. The fraction of sp³-hybridized carbons (Fsp3) is 0.474. The standard InChI is InChI=1S/C19H24N4O2/c1-13-6-5-9-15(10-13)23-17-16(18(24)21-19(23)25)11-22(12-20-17)14-7-3-2-4-8-14/h5-6,9-10,14,20H,2-4,7-8,11-12H2,1H3,(H,21,24,25). The summed E-state index contributed by atoms with van der Waals surface area (Å²) in [6.07, 6.45) is 6.20. The van der Waals surface area contributed by atoms with Crippen molar-refractivity contribution in [1.29, 1.82) is 0 Å². The summed E-state index contributed by atoms with van der Waals surface area (Å²) in [6.45, 7) is 3.26. The van der Waals surface area contributed by atoms with Crippen molar-refractivity contribution in [1.82, 2.24) is 14.5 Å². The lowest BCUT2D eigenvalue weighted by molar-refractivity contribution is 0.152. The molecule has 1 fully saturated rings. The quantitative estimate of drug-likeness (QED) is 0.880. The first-order chi connectivity index (χ1) is 12.1. The molecule has 2 aliphatic rings. The number of rotatable bonds is 2. The molecule has 0 atom stereocenters. The molecular formula is C19H24N4O2. The maximum atomic E-state index is 12.5. The van der Waals surface area contributed by atoms with Gasteiger partial charge in [0.2, 0.25) is 0 Å². The molecule has 0 spiro atoms. The third-order valence-electron chi connectivity index (χ3n) is 5.37. The third kappa shape index (κ3) is 3.02. The van der Waals surface area contributed by atoms with Gasteiger partial charge in [0.05, 0.1) is 17.9 Å². The zero-order chi connectivity index (χ0) is 17.4. The summed E-state index contributed by atoms with van der Waals surface area (Å²) in [6, 6.07) is 8.28. The summed E-state index contributed by atoms with van der Waals surface area (Å²) in [5.74, 6) is 0.631. The highest BCUT2D eigenvalue weighted by molar-refractivity contribution is 5.52. The van der Waals surface area contributed by atoms with Crippen LogP contribution >= 0.6 is 0 Å². The van der Waals surface area contributed by atoms with Gasteiger partial charge in [-0.15, -0.1) is 0 Å². The molecule has 4 rings (SSSR count). The first-order valence-electron chi connectivity index (χ1n) is 9.06. The Balaban J connectivity index is 1.75. The van der Waals surface area contributed by atoms with Gasteiger partial charge in [0.25, 0.3) is 5.56 Å². The van der Waals surface area contributed by atoms with Gasteiger partial charge >= 0.3 is 5.69 Å². The van der Waals surface area contributed by atoms with Crippen molar-refractivity contribution in [3.63, 3.8) is 0 Å². The Hall–Kier alpha value is -2.34.